The molecule has 6 nitrogen and oxygen atoms in total. The Morgan fingerprint density at radius 3 is 2.54 bits per heavy atom. The number of amides is 1. The highest BCUT2D eigenvalue weighted by Gasteiger charge is 2.08. The molecule has 28 heavy (non-hydrogen) atoms. The molecule has 2 rings (SSSR count). The number of rotatable bonds is 8. The second-order valence-electron chi connectivity index (χ2n) is 6.41. The first-order valence-electron chi connectivity index (χ1n) is 9.21. The number of aliphatic imine (C=N–C) groups is 1. The van der Waals surface area contributed by atoms with Crippen LogP contribution in [0.25, 0.3) is 0 Å². The first-order chi connectivity index (χ1) is 13.0. The van der Waals surface area contributed by atoms with Crippen molar-refractivity contribution in [1.82, 2.24) is 20.5 Å². The average Bonchev–Trinajstić information content (AvgIpc) is 3.14. The fraction of sp³-hybridized carbons (Fsp3) is 0.450. The maximum atomic E-state index is 12.1. The molecule has 1 aromatic carbocycles. The fourth-order valence-electron chi connectivity index (χ4n) is 2.60. The zero-order valence-corrected chi connectivity index (χ0v) is 20.1. The smallest absolute Gasteiger partial charge is 0.253 e. The number of thiazole rings is 1. The van der Waals surface area contributed by atoms with E-state index in [2.05, 4.69) is 32.9 Å². The number of carbonyl (C=O) groups excluding carboxylic acids is 1. The van der Waals surface area contributed by atoms with Crippen molar-refractivity contribution in [2.75, 3.05) is 34.2 Å². The summed E-state index contributed by atoms with van der Waals surface area (Å²) in [4.78, 5) is 22.5. The Hall–Kier alpha value is -1.68. The molecule has 2 aromatic rings. The summed E-state index contributed by atoms with van der Waals surface area (Å²) in [5, 5.41) is 9.94. The predicted octanol–water partition coefficient (Wildman–Crippen LogP) is 2.98. The van der Waals surface area contributed by atoms with Crippen LogP contribution in [0.4, 0.5) is 0 Å². The van der Waals surface area contributed by atoms with Crippen LogP contribution in [0, 0.1) is 0 Å². The Balaban J connectivity index is 0.00000392. The zero-order valence-electron chi connectivity index (χ0n) is 17.0. The molecule has 154 valence electrons. The number of benzene rings is 1. The van der Waals surface area contributed by atoms with Crippen LogP contribution in [0.15, 0.2) is 34.6 Å². The Bertz CT molecular complexity index is 775. The highest BCUT2D eigenvalue weighted by molar-refractivity contribution is 14.0. The lowest BCUT2D eigenvalue weighted by Crippen LogP contribution is -2.39. The number of hydrogen-bond donors (Lipinski definition) is 2. The van der Waals surface area contributed by atoms with E-state index in [1.165, 1.54) is 5.01 Å². The quantitative estimate of drug-likeness (QED) is 0.322. The molecule has 0 aliphatic rings. The van der Waals surface area contributed by atoms with Crippen molar-refractivity contribution in [2.45, 2.75) is 26.2 Å². The predicted molar refractivity (Wildman–Crippen MR) is 128 cm³/mol. The van der Waals surface area contributed by atoms with E-state index >= 15 is 0 Å². The van der Waals surface area contributed by atoms with Crippen LogP contribution < -0.4 is 10.6 Å². The van der Waals surface area contributed by atoms with Crippen LogP contribution in [0.2, 0.25) is 0 Å². The molecule has 1 amide bonds. The van der Waals surface area contributed by atoms with Gasteiger partial charge in [-0.3, -0.25) is 9.79 Å². The summed E-state index contributed by atoms with van der Waals surface area (Å²) in [6.07, 6.45) is 2.69. The molecule has 0 atom stereocenters. The lowest BCUT2D eigenvalue weighted by Gasteiger charge is -2.13. The monoisotopic (exact) mass is 515 g/mol. The number of aromatic nitrogens is 1. The molecular weight excluding hydrogens is 485 g/mol. The summed E-state index contributed by atoms with van der Waals surface area (Å²) < 4.78 is 0. The maximum Gasteiger partial charge on any atom is 0.253 e. The highest BCUT2D eigenvalue weighted by atomic mass is 127. The van der Waals surface area contributed by atoms with Crippen molar-refractivity contribution in [3.05, 3.63) is 51.5 Å². The SMILES string of the molecule is CCc1nc(CCNC(=NC)NCCc2cccc(C(=O)N(C)C)c2)cs1.I. The topological polar surface area (TPSA) is 69.6 Å². The second-order valence-corrected chi connectivity index (χ2v) is 7.35. The minimum Gasteiger partial charge on any atom is -0.356 e. The molecule has 0 saturated carbocycles. The number of nitrogens with one attached hydrogen (secondary N) is 2. The van der Waals surface area contributed by atoms with Crippen molar-refractivity contribution in [3.8, 4) is 0 Å². The Kier molecular flexibility index (Phi) is 11.1. The highest BCUT2D eigenvalue weighted by Crippen LogP contribution is 2.10. The molecule has 0 spiro atoms. The normalized spacial score (nSPS) is 10.9. The van der Waals surface area contributed by atoms with Gasteiger partial charge in [-0.15, -0.1) is 35.3 Å². The maximum absolute atomic E-state index is 12.1. The van der Waals surface area contributed by atoms with E-state index in [1.54, 1.807) is 37.4 Å². The molecule has 1 heterocycles. The summed E-state index contributed by atoms with van der Waals surface area (Å²) in [5.74, 6) is 0.803. The van der Waals surface area contributed by atoms with E-state index in [0.717, 1.165) is 55.1 Å². The van der Waals surface area contributed by atoms with Gasteiger partial charge in [0.1, 0.15) is 0 Å². The van der Waals surface area contributed by atoms with E-state index in [4.69, 9.17) is 0 Å². The van der Waals surface area contributed by atoms with Crippen molar-refractivity contribution >= 4 is 47.2 Å². The molecule has 0 aliphatic carbocycles. The first kappa shape index (κ1) is 24.4. The van der Waals surface area contributed by atoms with Crippen LogP contribution in [-0.4, -0.2) is 56.0 Å². The standard InChI is InChI=1S/C20H29N5OS.HI/c1-5-18-24-17(14-27-18)10-12-23-20(21-2)22-11-9-15-7-6-8-16(13-15)19(26)25(3)4;/h6-8,13-14H,5,9-12H2,1-4H3,(H2,21,22,23);1H. The van der Waals surface area contributed by atoms with E-state index in [-0.39, 0.29) is 29.9 Å². The number of aryl methyl sites for hydroxylation is 1. The van der Waals surface area contributed by atoms with Crippen LogP contribution in [0.3, 0.4) is 0 Å². The lowest BCUT2D eigenvalue weighted by molar-refractivity contribution is 0.0827. The largest absolute Gasteiger partial charge is 0.356 e. The Morgan fingerprint density at radius 2 is 1.93 bits per heavy atom. The van der Waals surface area contributed by atoms with Crippen LogP contribution in [0.5, 0.6) is 0 Å². The number of carbonyl (C=O) groups is 1. The minimum absolute atomic E-state index is 0. The molecule has 0 bridgehead atoms. The third-order valence-electron chi connectivity index (χ3n) is 4.09. The van der Waals surface area contributed by atoms with Gasteiger partial charge < -0.3 is 15.5 Å². The number of hydrogen-bond acceptors (Lipinski definition) is 4. The van der Waals surface area contributed by atoms with Crippen molar-refractivity contribution in [1.29, 1.82) is 0 Å². The van der Waals surface area contributed by atoms with Gasteiger partial charge in [-0.25, -0.2) is 4.98 Å². The molecule has 0 saturated heterocycles. The lowest BCUT2D eigenvalue weighted by atomic mass is 10.1. The van der Waals surface area contributed by atoms with Gasteiger partial charge in [0, 0.05) is 51.6 Å². The van der Waals surface area contributed by atoms with Crippen molar-refractivity contribution in [3.63, 3.8) is 0 Å². The van der Waals surface area contributed by atoms with Crippen LogP contribution in [0.1, 0.15) is 33.5 Å². The third-order valence-corrected chi connectivity index (χ3v) is 5.13. The van der Waals surface area contributed by atoms with E-state index < -0.39 is 0 Å². The molecule has 0 fully saturated rings. The molecule has 2 N–H and O–H groups in total. The van der Waals surface area contributed by atoms with Gasteiger partial charge in [-0.2, -0.15) is 0 Å². The average molecular weight is 515 g/mol. The molecule has 8 heteroatoms. The minimum atomic E-state index is 0. The molecule has 0 unspecified atom stereocenters. The van der Waals surface area contributed by atoms with Crippen LogP contribution >= 0.6 is 35.3 Å². The number of nitrogens with zero attached hydrogens (tertiary/aromatic N) is 3. The van der Waals surface area contributed by atoms with Gasteiger partial charge in [0.2, 0.25) is 0 Å². The first-order valence-corrected chi connectivity index (χ1v) is 10.1. The third kappa shape index (κ3) is 7.75. The van der Waals surface area contributed by atoms with E-state index in [9.17, 15) is 4.79 Å². The summed E-state index contributed by atoms with van der Waals surface area (Å²) in [6, 6.07) is 7.77. The molecule has 0 aliphatic heterocycles. The van der Waals surface area contributed by atoms with Gasteiger partial charge in [-0.05, 0) is 30.5 Å². The van der Waals surface area contributed by atoms with Gasteiger partial charge >= 0.3 is 0 Å². The molecule has 1 aromatic heterocycles. The van der Waals surface area contributed by atoms with Crippen LogP contribution in [-0.2, 0) is 19.3 Å². The molecule has 0 radical (unpaired) electrons. The summed E-state index contributed by atoms with van der Waals surface area (Å²) in [7, 11) is 5.30. The zero-order chi connectivity index (χ0) is 19.6. The number of halogens is 1. The summed E-state index contributed by atoms with van der Waals surface area (Å²) in [6.45, 7) is 3.66. The van der Waals surface area contributed by atoms with Gasteiger partial charge in [0.05, 0.1) is 10.7 Å². The Morgan fingerprint density at radius 1 is 1.21 bits per heavy atom. The van der Waals surface area contributed by atoms with Crippen molar-refractivity contribution in [2.24, 2.45) is 4.99 Å². The van der Waals surface area contributed by atoms with E-state index in [0.29, 0.717) is 0 Å². The summed E-state index contributed by atoms with van der Waals surface area (Å²) in [5.41, 5.74) is 2.97. The fourth-order valence-corrected chi connectivity index (χ4v) is 3.38. The molecular formula is C20H30IN5OS. The van der Waals surface area contributed by atoms with E-state index in [1.807, 2.05) is 24.3 Å². The van der Waals surface area contributed by atoms with Gasteiger partial charge in [0.25, 0.3) is 5.91 Å². The Labute approximate surface area is 188 Å². The summed E-state index contributed by atoms with van der Waals surface area (Å²) >= 11 is 1.72. The number of guanidine groups is 1. The van der Waals surface area contributed by atoms with Gasteiger partial charge in [-0.1, -0.05) is 19.1 Å². The van der Waals surface area contributed by atoms with Gasteiger partial charge in [0.15, 0.2) is 5.96 Å². The second kappa shape index (κ2) is 12.7. The van der Waals surface area contributed by atoms with Crippen molar-refractivity contribution < 1.29 is 4.79 Å².